The van der Waals surface area contributed by atoms with Gasteiger partial charge in [0.05, 0.1) is 11.7 Å². The van der Waals surface area contributed by atoms with Gasteiger partial charge in [0.15, 0.2) is 0 Å². The molecule has 0 saturated heterocycles. The first-order valence-corrected chi connectivity index (χ1v) is 9.86. The number of anilines is 1. The van der Waals surface area contributed by atoms with Crippen molar-refractivity contribution < 1.29 is 24.2 Å². The monoisotopic (exact) mass is 420 g/mol. The van der Waals surface area contributed by atoms with Gasteiger partial charge in [-0.2, -0.15) is 0 Å². The zero-order valence-electron chi connectivity index (χ0n) is 17.5. The third-order valence-electron chi connectivity index (χ3n) is 4.35. The van der Waals surface area contributed by atoms with Crippen molar-refractivity contribution in [2.45, 2.75) is 33.0 Å². The van der Waals surface area contributed by atoms with Crippen LogP contribution in [0.5, 0.6) is 11.5 Å². The van der Waals surface area contributed by atoms with Crippen molar-refractivity contribution in [3.05, 3.63) is 83.6 Å². The van der Waals surface area contributed by atoms with E-state index in [4.69, 9.17) is 14.6 Å². The highest BCUT2D eigenvalue weighted by Gasteiger charge is 2.15. The molecule has 2 N–H and O–H groups in total. The van der Waals surface area contributed by atoms with E-state index in [9.17, 15) is 9.59 Å². The number of aromatic nitrogens is 1. The smallest absolute Gasteiger partial charge is 0.337 e. The minimum Gasteiger partial charge on any atom is -0.491 e. The van der Waals surface area contributed by atoms with Crippen LogP contribution in [0.1, 0.15) is 53.2 Å². The zero-order valence-corrected chi connectivity index (χ0v) is 17.5. The lowest BCUT2D eigenvalue weighted by atomic mass is 10.1. The minimum atomic E-state index is -1.08. The number of carbonyl (C=O) groups excluding carboxylic acids is 1. The van der Waals surface area contributed by atoms with E-state index in [0.717, 1.165) is 5.56 Å². The molecule has 0 spiro atoms. The lowest BCUT2D eigenvalue weighted by molar-refractivity contribution is 0.0696. The predicted octanol–water partition coefficient (Wildman–Crippen LogP) is 4.96. The molecule has 0 unspecified atom stereocenters. The molecule has 1 heterocycles. The summed E-state index contributed by atoms with van der Waals surface area (Å²) >= 11 is 0. The zero-order chi connectivity index (χ0) is 22.4. The Morgan fingerprint density at radius 2 is 1.58 bits per heavy atom. The van der Waals surface area contributed by atoms with E-state index in [1.807, 2.05) is 51.1 Å². The third kappa shape index (κ3) is 6.05. The second kappa shape index (κ2) is 9.75. The summed E-state index contributed by atoms with van der Waals surface area (Å²) in [5.41, 5.74) is 1.37. The number of ether oxygens (including phenoxy) is 2. The number of nitrogens with zero attached hydrogens (tertiary/aromatic N) is 1. The fraction of sp³-hybridized carbons (Fsp3) is 0.208. The molecule has 31 heavy (non-hydrogen) atoms. The number of rotatable bonds is 8. The first-order chi connectivity index (χ1) is 14.8. The first kappa shape index (κ1) is 21.8. The molecule has 0 aliphatic heterocycles. The van der Waals surface area contributed by atoms with Crippen molar-refractivity contribution in [1.29, 1.82) is 0 Å². The molecule has 2 aromatic carbocycles. The highest BCUT2D eigenvalue weighted by atomic mass is 16.5. The average molecular weight is 420 g/mol. The number of aromatic carboxylic acids is 1. The quantitative estimate of drug-likeness (QED) is 0.535. The molecular formula is C24H24N2O5. The summed E-state index contributed by atoms with van der Waals surface area (Å²) < 4.78 is 11.8. The largest absolute Gasteiger partial charge is 0.491 e. The maximum atomic E-state index is 12.8. The highest BCUT2D eigenvalue weighted by molar-refractivity contribution is 6.04. The van der Waals surface area contributed by atoms with Gasteiger partial charge in [-0.05, 0) is 50.6 Å². The van der Waals surface area contributed by atoms with Crippen LogP contribution in [0, 0.1) is 0 Å². The number of benzene rings is 2. The lowest BCUT2D eigenvalue weighted by Crippen LogP contribution is -2.15. The molecule has 0 fully saturated rings. The molecule has 3 aromatic rings. The molecule has 1 aromatic heterocycles. The summed E-state index contributed by atoms with van der Waals surface area (Å²) in [6.45, 7) is 5.72. The van der Waals surface area contributed by atoms with Crippen LogP contribution < -0.4 is 14.8 Å². The number of carboxylic acids is 1. The van der Waals surface area contributed by atoms with Gasteiger partial charge in [0.1, 0.15) is 23.4 Å². The van der Waals surface area contributed by atoms with E-state index in [2.05, 4.69) is 10.3 Å². The number of carbonyl (C=O) groups is 2. The molecule has 0 aliphatic rings. The molecule has 160 valence electrons. The molecule has 0 aliphatic carbocycles. The van der Waals surface area contributed by atoms with E-state index >= 15 is 0 Å². The Kier molecular flexibility index (Phi) is 6.87. The Morgan fingerprint density at radius 3 is 2.16 bits per heavy atom. The maximum Gasteiger partial charge on any atom is 0.337 e. The van der Waals surface area contributed by atoms with Crippen LogP contribution in [0.15, 0.2) is 66.9 Å². The molecule has 7 nitrogen and oxygen atoms in total. The van der Waals surface area contributed by atoms with Crippen molar-refractivity contribution in [3.8, 4) is 11.5 Å². The normalized spacial score (nSPS) is 11.6. The molecule has 7 heteroatoms. The first-order valence-electron chi connectivity index (χ1n) is 9.86. The predicted molar refractivity (Wildman–Crippen MR) is 117 cm³/mol. The van der Waals surface area contributed by atoms with Crippen LogP contribution in [0.2, 0.25) is 0 Å². The van der Waals surface area contributed by atoms with Gasteiger partial charge in [-0.25, -0.2) is 9.78 Å². The van der Waals surface area contributed by atoms with E-state index in [1.54, 1.807) is 18.2 Å². The molecule has 1 atom stereocenters. The van der Waals surface area contributed by atoms with Crippen LogP contribution in [0.3, 0.4) is 0 Å². The summed E-state index contributed by atoms with van der Waals surface area (Å²) in [5.74, 6) is -0.258. The Hall–Kier alpha value is -3.87. The van der Waals surface area contributed by atoms with Crippen LogP contribution >= 0.6 is 0 Å². The van der Waals surface area contributed by atoms with Gasteiger partial charge in [-0.3, -0.25) is 4.79 Å². The number of amides is 1. The molecule has 0 bridgehead atoms. The van der Waals surface area contributed by atoms with E-state index in [1.165, 1.54) is 18.3 Å². The Labute approximate surface area is 180 Å². The van der Waals surface area contributed by atoms with Gasteiger partial charge in [-0.1, -0.05) is 30.3 Å². The SMILES string of the molecule is CC(C)Oc1cc(O[C@H](C)c2ccccc2)cc(C(=O)Nc2ccc(C(=O)O)cn2)c1. The Balaban J connectivity index is 1.83. The van der Waals surface area contributed by atoms with Crippen molar-refractivity contribution in [3.63, 3.8) is 0 Å². The summed E-state index contributed by atoms with van der Waals surface area (Å²) in [7, 11) is 0. The standard InChI is InChI=1S/C24H24N2O5/c1-15(2)30-20-11-19(23(27)26-22-10-9-18(14-25-22)24(28)29)12-21(13-20)31-16(3)17-7-5-4-6-8-17/h4-16H,1-3H3,(H,28,29)(H,25,26,27)/t16-/m1/s1. The van der Waals surface area contributed by atoms with Crippen LogP contribution in [0.25, 0.3) is 0 Å². The van der Waals surface area contributed by atoms with Gasteiger partial charge >= 0.3 is 5.97 Å². The number of hydrogen-bond acceptors (Lipinski definition) is 5. The molecule has 3 rings (SSSR count). The lowest BCUT2D eigenvalue weighted by Gasteiger charge is -2.18. The Morgan fingerprint density at radius 1 is 0.903 bits per heavy atom. The van der Waals surface area contributed by atoms with E-state index < -0.39 is 11.9 Å². The third-order valence-corrected chi connectivity index (χ3v) is 4.35. The number of nitrogens with one attached hydrogen (secondary N) is 1. The molecule has 0 radical (unpaired) electrons. The maximum absolute atomic E-state index is 12.8. The van der Waals surface area contributed by atoms with Gasteiger partial charge in [-0.15, -0.1) is 0 Å². The highest BCUT2D eigenvalue weighted by Crippen LogP contribution is 2.28. The summed E-state index contributed by atoms with van der Waals surface area (Å²) in [6, 6.07) is 17.6. The molecular weight excluding hydrogens is 396 g/mol. The van der Waals surface area contributed by atoms with Crippen molar-refractivity contribution in [2.24, 2.45) is 0 Å². The van der Waals surface area contributed by atoms with Gasteiger partial charge in [0.2, 0.25) is 0 Å². The minimum absolute atomic E-state index is 0.0379. The molecule has 1 amide bonds. The topological polar surface area (TPSA) is 97.8 Å². The van der Waals surface area contributed by atoms with Gasteiger partial charge < -0.3 is 19.9 Å². The number of hydrogen-bond donors (Lipinski definition) is 2. The second-order valence-electron chi connectivity index (χ2n) is 7.22. The summed E-state index contributed by atoms with van der Waals surface area (Å²) in [5, 5.41) is 11.6. The fourth-order valence-electron chi connectivity index (χ4n) is 2.89. The van der Waals surface area contributed by atoms with Crippen molar-refractivity contribution >= 4 is 17.7 Å². The second-order valence-corrected chi connectivity index (χ2v) is 7.22. The van der Waals surface area contributed by atoms with Gasteiger partial charge in [0, 0.05) is 17.8 Å². The molecule has 0 saturated carbocycles. The van der Waals surface area contributed by atoms with Gasteiger partial charge in [0.25, 0.3) is 5.91 Å². The summed E-state index contributed by atoms with van der Waals surface area (Å²) in [6.07, 6.45) is 0.881. The van der Waals surface area contributed by atoms with E-state index in [-0.39, 0.29) is 23.6 Å². The van der Waals surface area contributed by atoms with Crippen LogP contribution in [0.4, 0.5) is 5.82 Å². The summed E-state index contributed by atoms with van der Waals surface area (Å²) in [4.78, 5) is 27.7. The fourth-order valence-corrected chi connectivity index (χ4v) is 2.89. The number of carboxylic acid groups (broad SMARTS) is 1. The number of pyridine rings is 1. The Bertz CT molecular complexity index is 1050. The average Bonchev–Trinajstić information content (AvgIpc) is 2.74. The van der Waals surface area contributed by atoms with Crippen LogP contribution in [-0.4, -0.2) is 28.1 Å². The van der Waals surface area contributed by atoms with Crippen molar-refractivity contribution in [2.75, 3.05) is 5.32 Å². The van der Waals surface area contributed by atoms with Crippen LogP contribution in [-0.2, 0) is 0 Å². The van der Waals surface area contributed by atoms with E-state index in [0.29, 0.717) is 17.1 Å². The van der Waals surface area contributed by atoms with Crippen molar-refractivity contribution in [1.82, 2.24) is 4.98 Å².